The number of pyridine rings is 1. The summed E-state index contributed by atoms with van der Waals surface area (Å²) >= 11 is 0. The van der Waals surface area contributed by atoms with Crippen LogP contribution in [0.1, 0.15) is 35.6 Å². The van der Waals surface area contributed by atoms with Crippen LogP contribution in [-0.4, -0.2) is 38.7 Å². The summed E-state index contributed by atoms with van der Waals surface area (Å²) in [6.07, 6.45) is -2.33. The minimum Gasteiger partial charge on any atom is -0.302 e. The predicted octanol–water partition coefficient (Wildman–Crippen LogP) is 3.07. The van der Waals surface area contributed by atoms with Gasteiger partial charge in [-0.2, -0.15) is 13.2 Å². The van der Waals surface area contributed by atoms with Crippen molar-refractivity contribution in [3.63, 3.8) is 0 Å². The maximum Gasteiger partial charge on any atom is 0.417 e. The van der Waals surface area contributed by atoms with Crippen molar-refractivity contribution >= 4 is 11.0 Å². The summed E-state index contributed by atoms with van der Waals surface area (Å²) in [7, 11) is 2.51. The quantitative estimate of drug-likeness (QED) is 0.618. The Morgan fingerprint density at radius 3 is 2.50 bits per heavy atom. The summed E-state index contributed by atoms with van der Waals surface area (Å²) in [4.78, 5) is 31.5. The summed E-state index contributed by atoms with van der Waals surface area (Å²) in [5, 5.41) is -0.567. The van der Waals surface area contributed by atoms with Crippen LogP contribution in [0.15, 0.2) is 46.0 Å². The first-order valence-electron chi connectivity index (χ1n) is 10.6. The first kappa shape index (κ1) is 22.3. The van der Waals surface area contributed by atoms with E-state index in [1.54, 1.807) is 0 Å². The summed E-state index contributed by atoms with van der Waals surface area (Å²) in [5.41, 5.74) is -1.45. The summed E-state index contributed by atoms with van der Waals surface area (Å²) in [6, 6.07) is 11.1. The molecular formula is C23H25F3N4O2. The Hall–Kier alpha value is -2.94. The molecule has 0 amide bonds. The van der Waals surface area contributed by atoms with E-state index in [2.05, 4.69) is 22.0 Å². The number of alkyl halides is 3. The molecule has 170 valence electrons. The van der Waals surface area contributed by atoms with E-state index in [1.165, 1.54) is 19.7 Å². The summed E-state index contributed by atoms with van der Waals surface area (Å²) < 4.78 is 43.5. The molecule has 3 heterocycles. The van der Waals surface area contributed by atoms with Crippen molar-refractivity contribution < 1.29 is 13.2 Å². The van der Waals surface area contributed by atoms with Crippen LogP contribution >= 0.6 is 0 Å². The van der Waals surface area contributed by atoms with Crippen LogP contribution < -0.4 is 11.2 Å². The molecule has 1 saturated heterocycles. The molecule has 4 rings (SSSR count). The minimum atomic E-state index is -4.73. The van der Waals surface area contributed by atoms with E-state index in [0.717, 1.165) is 36.6 Å². The van der Waals surface area contributed by atoms with Crippen molar-refractivity contribution in [2.24, 2.45) is 14.1 Å². The minimum absolute atomic E-state index is 0.204. The number of fused-ring (bicyclic) bond motifs is 1. The van der Waals surface area contributed by atoms with Crippen LogP contribution in [0.5, 0.6) is 0 Å². The van der Waals surface area contributed by atoms with Crippen LogP contribution in [0.25, 0.3) is 11.0 Å². The molecular weight excluding hydrogens is 421 g/mol. The van der Waals surface area contributed by atoms with Gasteiger partial charge in [-0.15, -0.1) is 0 Å². The normalized spacial score (nSPS) is 17.7. The van der Waals surface area contributed by atoms with Crippen LogP contribution in [-0.2, 0) is 26.7 Å². The summed E-state index contributed by atoms with van der Waals surface area (Å²) in [6.45, 7) is 2.27. The second-order valence-electron chi connectivity index (χ2n) is 8.37. The summed E-state index contributed by atoms with van der Waals surface area (Å²) in [5.74, 6) is -0.204. The molecule has 2 aromatic heterocycles. The molecule has 0 N–H and O–H groups in total. The SMILES string of the molecule is Cn1c(=O)c2c(C(F)(F)F)cc([C@H]3CCCN(CCc4ccccc4)C3)nc2n(C)c1=O. The second kappa shape index (κ2) is 8.54. The van der Waals surface area contributed by atoms with E-state index >= 15 is 0 Å². The van der Waals surface area contributed by atoms with Gasteiger partial charge in [0.15, 0.2) is 0 Å². The van der Waals surface area contributed by atoms with Crippen molar-refractivity contribution in [3.05, 3.63) is 74.1 Å². The average Bonchev–Trinajstić information content (AvgIpc) is 2.79. The number of halogens is 3. The Balaban J connectivity index is 1.71. The predicted molar refractivity (Wildman–Crippen MR) is 116 cm³/mol. The molecule has 0 bridgehead atoms. The van der Waals surface area contributed by atoms with Gasteiger partial charge in [-0.25, -0.2) is 9.78 Å². The fraction of sp³-hybridized carbons (Fsp3) is 0.435. The number of nitrogens with zero attached hydrogens (tertiary/aromatic N) is 4. The van der Waals surface area contributed by atoms with E-state index in [0.29, 0.717) is 17.5 Å². The highest BCUT2D eigenvalue weighted by Crippen LogP contribution is 2.36. The molecule has 1 fully saturated rings. The number of aromatic nitrogens is 3. The average molecular weight is 446 g/mol. The number of likely N-dealkylation sites (tertiary alicyclic amines) is 1. The van der Waals surface area contributed by atoms with Gasteiger partial charge in [-0.1, -0.05) is 30.3 Å². The molecule has 0 unspecified atom stereocenters. The first-order chi connectivity index (χ1) is 15.2. The molecule has 3 aromatic rings. The Morgan fingerprint density at radius 1 is 1.09 bits per heavy atom. The van der Waals surface area contributed by atoms with Crippen molar-refractivity contribution in [2.45, 2.75) is 31.4 Å². The van der Waals surface area contributed by atoms with Crippen LogP contribution in [0.3, 0.4) is 0 Å². The molecule has 0 saturated carbocycles. The largest absolute Gasteiger partial charge is 0.417 e. The number of hydrogen-bond acceptors (Lipinski definition) is 4. The molecule has 0 spiro atoms. The Labute approximate surface area is 182 Å². The van der Waals surface area contributed by atoms with E-state index in [1.807, 2.05) is 18.2 Å². The lowest BCUT2D eigenvalue weighted by Crippen LogP contribution is -2.39. The third-order valence-corrected chi connectivity index (χ3v) is 6.22. The molecule has 9 heteroatoms. The van der Waals surface area contributed by atoms with Crippen LogP contribution in [0, 0.1) is 0 Å². The zero-order valence-corrected chi connectivity index (χ0v) is 18.0. The van der Waals surface area contributed by atoms with E-state index in [4.69, 9.17) is 0 Å². The lowest BCUT2D eigenvalue weighted by atomic mass is 9.92. The van der Waals surface area contributed by atoms with Gasteiger partial charge in [0, 0.05) is 38.8 Å². The van der Waals surface area contributed by atoms with Crippen LogP contribution in [0.4, 0.5) is 13.2 Å². The Bertz CT molecular complexity index is 1250. The Morgan fingerprint density at radius 2 is 1.81 bits per heavy atom. The first-order valence-corrected chi connectivity index (χ1v) is 10.6. The highest BCUT2D eigenvalue weighted by molar-refractivity contribution is 5.79. The van der Waals surface area contributed by atoms with E-state index in [9.17, 15) is 22.8 Å². The molecule has 1 aliphatic heterocycles. The zero-order chi connectivity index (χ0) is 23.0. The van der Waals surface area contributed by atoms with E-state index < -0.39 is 28.4 Å². The van der Waals surface area contributed by atoms with Gasteiger partial charge < -0.3 is 4.90 Å². The number of rotatable bonds is 4. The standard InChI is InChI=1S/C23H25F3N4O2/c1-28-20-19(21(31)29(2)22(28)32)17(23(24,25)26)13-18(27-20)16-9-6-11-30(14-16)12-10-15-7-4-3-5-8-15/h3-5,7-8,13,16H,6,9-12,14H2,1-2H3/t16-/m0/s1. The topological polar surface area (TPSA) is 60.1 Å². The number of benzene rings is 1. The number of hydrogen-bond donors (Lipinski definition) is 0. The third-order valence-electron chi connectivity index (χ3n) is 6.22. The highest BCUT2D eigenvalue weighted by Gasteiger charge is 2.37. The molecule has 1 atom stereocenters. The van der Waals surface area contributed by atoms with Crippen LogP contribution in [0.2, 0.25) is 0 Å². The van der Waals surface area contributed by atoms with Crippen molar-refractivity contribution in [1.82, 2.24) is 19.0 Å². The van der Waals surface area contributed by atoms with Gasteiger partial charge >= 0.3 is 11.9 Å². The fourth-order valence-corrected chi connectivity index (χ4v) is 4.44. The monoisotopic (exact) mass is 446 g/mol. The van der Waals surface area contributed by atoms with Gasteiger partial charge in [0.05, 0.1) is 10.9 Å². The third kappa shape index (κ3) is 4.21. The van der Waals surface area contributed by atoms with Crippen molar-refractivity contribution in [3.8, 4) is 0 Å². The van der Waals surface area contributed by atoms with Crippen molar-refractivity contribution in [1.29, 1.82) is 0 Å². The van der Waals surface area contributed by atoms with Gasteiger partial charge in [-0.05, 0) is 37.4 Å². The number of aryl methyl sites for hydroxylation is 1. The second-order valence-corrected chi connectivity index (χ2v) is 8.37. The molecule has 0 radical (unpaired) electrons. The molecule has 1 aliphatic rings. The molecule has 6 nitrogen and oxygen atoms in total. The van der Waals surface area contributed by atoms with E-state index in [-0.39, 0.29) is 17.3 Å². The molecule has 1 aromatic carbocycles. The highest BCUT2D eigenvalue weighted by atomic mass is 19.4. The van der Waals surface area contributed by atoms with Gasteiger partial charge in [-0.3, -0.25) is 13.9 Å². The maximum absolute atomic E-state index is 13.9. The van der Waals surface area contributed by atoms with Crippen molar-refractivity contribution in [2.75, 3.05) is 19.6 Å². The molecule has 0 aliphatic carbocycles. The number of piperidine rings is 1. The lowest BCUT2D eigenvalue weighted by molar-refractivity contribution is -0.136. The smallest absolute Gasteiger partial charge is 0.302 e. The van der Waals surface area contributed by atoms with Gasteiger partial charge in [0.25, 0.3) is 5.56 Å². The molecule has 32 heavy (non-hydrogen) atoms. The zero-order valence-electron chi connectivity index (χ0n) is 18.0. The van der Waals surface area contributed by atoms with Gasteiger partial charge in [0.2, 0.25) is 0 Å². The Kier molecular flexibility index (Phi) is 5.94. The lowest BCUT2D eigenvalue weighted by Gasteiger charge is -2.33. The fourth-order valence-electron chi connectivity index (χ4n) is 4.44. The maximum atomic E-state index is 13.9. The van der Waals surface area contributed by atoms with Gasteiger partial charge in [0.1, 0.15) is 5.65 Å².